The maximum atomic E-state index is 13.5. The molecule has 4 heteroatoms. The highest BCUT2D eigenvalue weighted by Crippen LogP contribution is 2.41. The van der Waals surface area contributed by atoms with Gasteiger partial charge in [-0.3, -0.25) is 4.79 Å². The van der Waals surface area contributed by atoms with Gasteiger partial charge in [0.05, 0.1) is 18.6 Å². The normalized spacial score (nSPS) is 11.4. The monoisotopic (exact) mass is 507 g/mol. The Kier molecular flexibility index (Phi) is 6.52. The third-order valence-corrected chi connectivity index (χ3v) is 7.47. The Morgan fingerprint density at radius 2 is 1.13 bits per heavy atom. The summed E-state index contributed by atoms with van der Waals surface area (Å²) in [6.45, 7) is 2.48. The van der Waals surface area contributed by atoms with Gasteiger partial charge in [-0.2, -0.15) is 0 Å². The molecular weight excluding hydrogens is 478 g/mol. The molecule has 2 heterocycles. The molecule has 4 aromatic carbocycles. The molecule has 2 aromatic heterocycles. The van der Waals surface area contributed by atoms with Gasteiger partial charge in [-0.1, -0.05) is 121 Å². The lowest BCUT2D eigenvalue weighted by atomic mass is 9.76. The van der Waals surface area contributed by atoms with Gasteiger partial charge in [-0.25, -0.2) is 4.98 Å². The second kappa shape index (κ2) is 10.4. The molecular formula is C35H29N3O. The summed E-state index contributed by atoms with van der Waals surface area (Å²) in [5.74, 6) is 0. The molecule has 190 valence electrons. The van der Waals surface area contributed by atoms with Crippen molar-refractivity contribution in [3.8, 4) is 11.1 Å². The molecule has 0 aliphatic carbocycles. The second-order valence-electron chi connectivity index (χ2n) is 9.68. The van der Waals surface area contributed by atoms with E-state index in [0.29, 0.717) is 12.1 Å². The van der Waals surface area contributed by atoms with Crippen LogP contribution in [0.1, 0.15) is 28.1 Å². The maximum Gasteiger partial charge on any atom is 0.258 e. The fourth-order valence-electron chi connectivity index (χ4n) is 5.56. The van der Waals surface area contributed by atoms with Crippen molar-refractivity contribution in [1.29, 1.82) is 0 Å². The lowest BCUT2D eigenvalue weighted by molar-refractivity contribution is 0.502. The van der Waals surface area contributed by atoms with Gasteiger partial charge in [0.2, 0.25) is 0 Å². The number of benzene rings is 4. The van der Waals surface area contributed by atoms with Gasteiger partial charge in [0.15, 0.2) is 0 Å². The van der Waals surface area contributed by atoms with Crippen LogP contribution in [0.15, 0.2) is 151 Å². The van der Waals surface area contributed by atoms with Crippen molar-refractivity contribution in [2.75, 3.05) is 0 Å². The summed E-state index contributed by atoms with van der Waals surface area (Å²) < 4.78 is 4.01. The smallest absolute Gasteiger partial charge is 0.258 e. The third kappa shape index (κ3) is 4.30. The molecule has 6 rings (SSSR count). The third-order valence-electron chi connectivity index (χ3n) is 7.47. The fourth-order valence-corrected chi connectivity index (χ4v) is 5.56. The van der Waals surface area contributed by atoms with Crippen LogP contribution in [0.2, 0.25) is 0 Å². The molecule has 0 unspecified atom stereocenters. The van der Waals surface area contributed by atoms with Crippen molar-refractivity contribution in [3.63, 3.8) is 0 Å². The minimum Gasteiger partial charge on any atom is -0.316 e. The Morgan fingerprint density at radius 1 is 0.641 bits per heavy atom. The van der Waals surface area contributed by atoms with Gasteiger partial charge in [-0.15, -0.1) is 0 Å². The number of nitrogens with zero attached hydrogens (tertiary/aromatic N) is 3. The molecule has 4 nitrogen and oxygen atoms in total. The van der Waals surface area contributed by atoms with Gasteiger partial charge in [0, 0.05) is 17.5 Å². The average molecular weight is 508 g/mol. The molecule has 0 fully saturated rings. The highest BCUT2D eigenvalue weighted by molar-refractivity contribution is 5.62. The van der Waals surface area contributed by atoms with E-state index >= 15 is 0 Å². The quantitative estimate of drug-likeness (QED) is 0.220. The molecule has 0 radical (unpaired) electrons. The van der Waals surface area contributed by atoms with E-state index in [4.69, 9.17) is 4.98 Å². The zero-order chi connectivity index (χ0) is 26.7. The fraction of sp³-hybridized carbons (Fsp3) is 0.0857. The lowest BCUT2D eigenvalue weighted by Crippen LogP contribution is -2.38. The van der Waals surface area contributed by atoms with Gasteiger partial charge in [-0.05, 0) is 41.3 Å². The van der Waals surface area contributed by atoms with Crippen LogP contribution in [0.3, 0.4) is 0 Å². The van der Waals surface area contributed by atoms with E-state index in [-0.39, 0.29) is 5.56 Å². The van der Waals surface area contributed by atoms with Crippen molar-refractivity contribution in [1.82, 2.24) is 14.1 Å². The van der Waals surface area contributed by atoms with Gasteiger partial charge >= 0.3 is 0 Å². The Labute approximate surface area is 228 Å². The van der Waals surface area contributed by atoms with E-state index in [1.807, 2.05) is 73.2 Å². The van der Waals surface area contributed by atoms with Crippen molar-refractivity contribution in [2.45, 2.75) is 19.0 Å². The molecule has 0 N–H and O–H groups in total. The van der Waals surface area contributed by atoms with E-state index in [1.54, 1.807) is 4.57 Å². The first-order valence-electron chi connectivity index (χ1n) is 13.1. The molecule has 0 atom stereocenters. The Bertz CT molecular complexity index is 1640. The number of pyridine rings is 1. The van der Waals surface area contributed by atoms with Crippen LogP contribution in [0.25, 0.3) is 11.1 Å². The van der Waals surface area contributed by atoms with Crippen LogP contribution >= 0.6 is 0 Å². The predicted octanol–water partition coefficient (Wildman–Crippen LogP) is 6.91. The molecule has 6 aromatic rings. The van der Waals surface area contributed by atoms with Crippen LogP contribution in [0.5, 0.6) is 0 Å². The predicted molar refractivity (Wildman–Crippen MR) is 157 cm³/mol. The van der Waals surface area contributed by atoms with E-state index in [1.165, 1.54) is 0 Å². The number of imidazole rings is 1. The molecule has 0 saturated carbocycles. The summed E-state index contributed by atoms with van der Waals surface area (Å²) in [7, 11) is 0. The topological polar surface area (TPSA) is 39.8 Å². The van der Waals surface area contributed by atoms with E-state index < -0.39 is 5.54 Å². The second-order valence-corrected chi connectivity index (χ2v) is 9.68. The van der Waals surface area contributed by atoms with Gasteiger partial charge in [0.25, 0.3) is 5.56 Å². The van der Waals surface area contributed by atoms with E-state index in [0.717, 1.165) is 33.6 Å². The SMILES string of the molecule is Cc1c(Cn2cccc(-c3ccccc3)c2=O)ncn1C(c1ccccc1)(c1ccccc1)c1ccccc1. The first kappa shape index (κ1) is 24.4. The number of rotatable bonds is 7. The largest absolute Gasteiger partial charge is 0.316 e. The molecule has 39 heavy (non-hydrogen) atoms. The lowest BCUT2D eigenvalue weighted by Gasteiger charge is -2.38. The average Bonchev–Trinajstić information content (AvgIpc) is 3.36. The maximum absolute atomic E-state index is 13.5. The van der Waals surface area contributed by atoms with Crippen molar-refractivity contribution < 1.29 is 0 Å². The Hall–Kier alpha value is -4.96. The van der Waals surface area contributed by atoms with Crippen molar-refractivity contribution in [3.05, 3.63) is 184 Å². The first-order valence-corrected chi connectivity index (χ1v) is 13.1. The highest BCUT2D eigenvalue weighted by atomic mass is 16.1. The van der Waals surface area contributed by atoms with Crippen LogP contribution in [-0.4, -0.2) is 14.1 Å². The summed E-state index contributed by atoms with van der Waals surface area (Å²) >= 11 is 0. The highest BCUT2D eigenvalue weighted by Gasteiger charge is 2.39. The minimum absolute atomic E-state index is 0.0295. The first-order chi connectivity index (χ1) is 19.2. The van der Waals surface area contributed by atoms with Crippen molar-refractivity contribution in [2.24, 2.45) is 0 Å². The zero-order valence-electron chi connectivity index (χ0n) is 21.8. The van der Waals surface area contributed by atoms with Crippen LogP contribution in [0.4, 0.5) is 0 Å². The van der Waals surface area contributed by atoms with Crippen LogP contribution < -0.4 is 5.56 Å². The van der Waals surface area contributed by atoms with E-state index in [9.17, 15) is 4.79 Å². The summed E-state index contributed by atoms with van der Waals surface area (Å²) in [6.07, 6.45) is 3.76. The Balaban J connectivity index is 1.53. The number of hydrogen-bond donors (Lipinski definition) is 0. The van der Waals surface area contributed by atoms with Crippen LogP contribution in [0, 0.1) is 6.92 Å². The molecule has 0 bridgehead atoms. The van der Waals surface area contributed by atoms with Crippen LogP contribution in [-0.2, 0) is 12.1 Å². The standard InChI is InChI=1S/C35H29N3O/c1-27-33(25-37-24-14-23-32(34(37)39)28-15-6-2-7-16-28)36-26-38(27)35(29-17-8-3-9-18-29,30-19-10-4-11-20-30)31-21-12-5-13-22-31/h2-24,26H,25H2,1H3. The molecule has 0 aliphatic rings. The summed E-state index contributed by atoms with van der Waals surface area (Å²) in [4.78, 5) is 18.4. The van der Waals surface area contributed by atoms with Gasteiger partial charge in [0.1, 0.15) is 5.54 Å². The minimum atomic E-state index is -0.643. The number of aromatic nitrogens is 3. The van der Waals surface area contributed by atoms with Gasteiger partial charge < -0.3 is 9.13 Å². The van der Waals surface area contributed by atoms with Crippen molar-refractivity contribution >= 4 is 0 Å². The molecule has 0 saturated heterocycles. The molecule has 0 aliphatic heterocycles. The van der Waals surface area contributed by atoms with E-state index in [2.05, 4.69) is 84.3 Å². The summed E-state index contributed by atoms with van der Waals surface area (Å²) in [5, 5.41) is 0. The molecule has 0 amide bonds. The molecule has 0 spiro atoms. The summed E-state index contributed by atoms with van der Waals surface area (Å²) in [6, 6.07) is 45.3. The Morgan fingerprint density at radius 3 is 1.64 bits per heavy atom. The summed E-state index contributed by atoms with van der Waals surface area (Å²) in [5.41, 5.74) is 6.19. The number of hydrogen-bond acceptors (Lipinski definition) is 2. The zero-order valence-corrected chi connectivity index (χ0v) is 21.8.